The van der Waals surface area contributed by atoms with Gasteiger partial charge in [0.15, 0.2) is 10.6 Å². The van der Waals surface area contributed by atoms with Crippen LogP contribution in [0.3, 0.4) is 0 Å². The molecule has 1 aromatic heterocycles. The van der Waals surface area contributed by atoms with E-state index in [4.69, 9.17) is 12.2 Å². The quantitative estimate of drug-likeness (QED) is 0.530. The van der Waals surface area contributed by atoms with Gasteiger partial charge in [0.25, 0.3) is 0 Å². The van der Waals surface area contributed by atoms with Gasteiger partial charge < -0.3 is 4.57 Å². The van der Waals surface area contributed by atoms with Crippen molar-refractivity contribution in [2.45, 2.75) is 25.4 Å². The van der Waals surface area contributed by atoms with Gasteiger partial charge >= 0.3 is 0 Å². The number of nitrogens with zero attached hydrogens (tertiary/aromatic N) is 5. The van der Waals surface area contributed by atoms with Crippen LogP contribution in [0.1, 0.15) is 11.1 Å². The fraction of sp³-hybridized carbons (Fsp3) is 0.364. The third-order valence-corrected chi connectivity index (χ3v) is 8.31. The molecule has 2 heterocycles. The third kappa shape index (κ3) is 4.27. The van der Waals surface area contributed by atoms with E-state index in [2.05, 4.69) is 10.00 Å². The summed E-state index contributed by atoms with van der Waals surface area (Å²) in [6.45, 7) is 6.00. The second-order valence-corrected chi connectivity index (χ2v) is 10.3. The number of piperazine rings is 1. The number of hydrogen-bond acceptors (Lipinski definition) is 5. The van der Waals surface area contributed by atoms with Crippen LogP contribution in [0.5, 0.6) is 0 Å². The summed E-state index contributed by atoms with van der Waals surface area (Å²) in [5.74, 6) is 0.109. The maximum atomic E-state index is 14.2. The highest BCUT2D eigenvalue weighted by Gasteiger charge is 2.30. The average Bonchev–Trinajstić information content (AvgIpc) is 3.04. The average molecular weight is 476 g/mol. The van der Waals surface area contributed by atoms with Gasteiger partial charge in [-0.25, -0.2) is 17.5 Å². The molecule has 4 rings (SSSR count). The summed E-state index contributed by atoms with van der Waals surface area (Å²) in [7, 11) is -1.78. The molecule has 0 N–H and O–H groups in total. The number of rotatable bonds is 5. The minimum absolute atomic E-state index is 0.354. The zero-order valence-corrected chi connectivity index (χ0v) is 20.0. The Kier molecular flexibility index (Phi) is 6.30. The van der Waals surface area contributed by atoms with E-state index in [0.29, 0.717) is 53.9 Å². The van der Waals surface area contributed by atoms with Crippen molar-refractivity contribution < 1.29 is 12.8 Å². The Morgan fingerprint density at radius 2 is 1.75 bits per heavy atom. The van der Waals surface area contributed by atoms with Crippen molar-refractivity contribution >= 4 is 22.2 Å². The van der Waals surface area contributed by atoms with Crippen LogP contribution in [0.25, 0.3) is 11.4 Å². The van der Waals surface area contributed by atoms with Gasteiger partial charge in [-0.1, -0.05) is 24.3 Å². The van der Waals surface area contributed by atoms with Crippen LogP contribution in [0.2, 0.25) is 0 Å². The number of hydrogen-bond donors (Lipinski definition) is 0. The van der Waals surface area contributed by atoms with Gasteiger partial charge in [-0.05, 0) is 55.4 Å². The number of aromatic nitrogens is 3. The van der Waals surface area contributed by atoms with Gasteiger partial charge in [-0.2, -0.15) is 9.40 Å². The molecular weight excluding hydrogens is 449 g/mol. The van der Waals surface area contributed by atoms with Crippen molar-refractivity contribution in [2.24, 2.45) is 7.05 Å². The summed E-state index contributed by atoms with van der Waals surface area (Å²) >= 11 is 5.51. The molecule has 7 nitrogen and oxygen atoms in total. The fourth-order valence-electron chi connectivity index (χ4n) is 3.88. The van der Waals surface area contributed by atoms with E-state index in [-0.39, 0.29) is 5.82 Å². The lowest BCUT2D eigenvalue weighted by atomic mass is 10.2. The number of sulfonamides is 1. The van der Waals surface area contributed by atoms with Gasteiger partial charge in [-0.3, -0.25) is 4.90 Å². The summed E-state index contributed by atoms with van der Waals surface area (Å²) in [5, 5.41) is 4.53. The molecule has 170 valence electrons. The Morgan fingerprint density at radius 1 is 1.06 bits per heavy atom. The first kappa shape index (κ1) is 22.8. The zero-order valence-electron chi connectivity index (χ0n) is 18.3. The normalized spacial score (nSPS) is 15.9. The van der Waals surface area contributed by atoms with Gasteiger partial charge in [0.1, 0.15) is 5.82 Å². The summed E-state index contributed by atoms with van der Waals surface area (Å²) < 4.78 is 45.9. The van der Waals surface area contributed by atoms with Crippen LogP contribution in [0.15, 0.2) is 47.4 Å². The lowest BCUT2D eigenvalue weighted by Crippen LogP contribution is -2.49. The summed E-state index contributed by atoms with van der Waals surface area (Å²) in [6.07, 6.45) is 0. The van der Waals surface area contributed by atoms with Gasteiger partial charge in [-0.15, -0.1) is 0 Å². The Bertz CT molecular complexity index is 1310. The predicted octanol–water partition coefficient (Wildman–Crippen LogP) is 3.34. The smallest absolute Gasteiger partial charge is 0.243 e. The monoisotopic (exact) mass is 475 g/mol. The maximum Gasteiger partial charge on any atom is 0.243 e. The van der Waals surface area contributed by atoms with E-state index < -0.39 is 10.0 Å². The molecule has 1 aliphatic heterocycles. The van der Waals surface area contributed by atoms with Crippen molar-refractivity contribution in [3.63, 3.8) is 0 Å². The van der Waals surface area contributed by atoms with E-state index in [1.54, 1.807) is 40.6 Å². The molecule has 2 aromatic carbocycles. The molecule has 3 aromatic rings. The van der Waals surface area contributed by atoms with Crippen molar-refractivity contribution in [1.82, 2.24) is 23.6 Å². The second kappa shape index (κ2) is 8.86. The van der Waals surface area contributed by atoms with Crippen LogP contribution < -0.4 is 0 Å². The molecule has 0 atom stereocenters. The van der Waals surface area contributed by atoms with Crippen molar-refractivity contribution in [3.05, 3.63) is 64.2 Å². The summed E-state index contributed by atoms with van der Waals surface area (Å²) in [4.78, 5) is 2.47. The third-order valence-electron chi connectivity index (χ3n) is 5.78. The lowest BCUT2D eigenvalue weighted by molar-refractivity contribution is 0.144. The maximum absolute atomic E-state index is 14.2. The molecule has 10 heteroatoms. The Hall–Kier alpha value is -2.40. The predicted molar refractivity (Wildman–Crippen MR) is 124 cm³/mol. The highest BCUT2D eigenvalue weighted by Crippen LogP contribution is 2.23. The number of benzene rings is 2. The first-order chi connectivity index (χ1) is 15.2. The standard InChI is InChI=1S/C22H26FN5O2S2/c1-16-8-9-17(2)20(14-16)32(29,30)27-12-10-26(11-13-27)15-28-22(31)25(3)21(24-28)18-6-4-5-7-19(18)23/h4-9,14H,10-13,15H2,1-3H3. The van der Waals surface area contributed by atoms with E-state index in [1.165, 1.54) is 10.4 Å². The zero-order chi connectivity index (χ0) is 23.0. The van der Waals surface area contributed by atoms with E-state index in [9.17, 15) is 12.8 Å². The van der Waals surface area contributed by atoms with Crippen molar-refractivity contribution in [2.75, 3.05) is 26.2 Å². The van der Waals surface area contributed by atoms with Crippen LogP contribution >= 0.6 is 12.2 Å². The van der Waals surface area contributed by atoms with Crippen LogP contribution in [-0.2, 0) is 23.7 Å². The first-order valence-electron chi connectivity index (χ1n) is 10.4. The molecule has 1 fully saturated rings. The Balaban J connectivity index is 1.48. The molecule has 0 saturated carbocycles. The van der Waals surface area contributed by atoms with Crippen molar-refractivity contribution in [1.29, 1.82) is 0 Å². The molecule has 0 spiro atoms. The Labute approximate surface area is 192 Å². The molecule has 32 heavy (non-hydrogen) atoms. The van der Waals surface area contributed by atoms with Gasteiger partial charge in [0, 0.05) is 33.2 Å². The largest absolute Gasteiger partial charge is 0.303 e. The molecule has 0 bridgehead atoms. The highest BCUT2D eigenvalue weighted by atomic mass is 32.2. The molecule has 1 aliphatic rings. The van der Waals surface area contributed by atoms with Gasteiger partial charge in [0.05, 0.1) is 17.1 Å². The minimum Gasteiger partial charge on any atom is -0.303 e. The number of halogens is 1. The topological polar surface area (TPSA) is 63.4 Å². The SMILES string of the molecule is Cc1ccc(C)c(S(=O)(=O)N2CCN(Cn3nc(-c4ccccc4F)n(C)c3=S)CC2)c1. The lowest BCUT2D eigenvalue weighted by Gasteiger charge is -2.34. The molecule has 0 unspecified atom stereocenters. The Morgan fingerprint density at radius 3 is 2.44 bits per heavy atom. The molecule has 0 amide bonds. The first-order valence-corrected chi connectivity index (χ1v) is 12.2. The minimum atomic E-state index is -3.55. The van der Waals surface area contributed by atoms with E-state index in [1.807, 2.05) is 26.0 Å². The molecular formula is C22H26FN5O2S2. The second-order valence-electron chi connectivity index (χ2n) is 8.08. The fourth-order valence-corrected chi connectivity index (χ4v) is 5.80. The summed E-state index contributed by atoms with van der Waals surface area (Å²) in [6, 6.07) is 12.0. The van der Waals surface area contributed by atoms with Crippen LogP contribution in [0.4, 0.5) is 4.39 Å². The van der Waals surface area contributed by atoms with Crippen molar-refractivity contribution in [3.8, 4) is 11.4 Å². The number of aryl methyl sites for hydroxylation is 2. The van der Waals surface area contributed by atoms with Crippen LogP contribution in [-0.4, -0.2) is 58.1 Å². The van der Waals surface area contributed by atoms with E-state index >= 15 is 0 Å². The highest BCUT2D eigenvalue weighted by molar-refractivity contribution is 7.89. The van der Waals surface area contributed by atoms with Crippen LogP contribution in [0, 0.1) is 24.4 Å². The molecule has 0 aliphatic carbocycles. The van der Waals surface area contributed by atoms with E-state index in [0.717, 1.165) is 11.1 Å². The molecule has 0 radical (unpaired) electrons. The molecule has 1 saturated heterocycles. The van der Waals surface area contributed by atoms with Gasteiger partial charge in [0.2, 0.25) is 10.0 Å². The summed E-state index contributed by atoms with van der Waals surface area (Å²) in [5.41, 5.74) is 2.06.